The molecule has 6 heteroatoms. The number of aryl methyl sites for hydroxylation is 1. The van der Waals surface area contributed by atoms with Gasteiger partial charge in [0.15, 0.2) is 0 Å². The van der Waals surface area contributed by atoms with E-state index in [1.807, 2.05) is 24.3 Å². The molecule has 1 atom stereocenters. The molecule has 1 unspecified atom stereocenters. The summed E-state index contributed by atoms with van der Waals surface area (Å²) in [6, 6.07) is 16.4. The zero-order chi connectivity index (χ0) is 27.4. The minimum Gasteiger partial charge on any atom is -0.493 e. The van der Waals surface area contributed by atoms with Crippen molar-refractivity contribution in [1.29, 1.82) is 0 Å². The smallest absolute Gasteiger partial charge is 0.336 e. The molecule has 0 aromatic heterocycles. The van der Waals surface area contributed by atoms with Gasteiger partial charge in [0, 0.05) is 5.57 Å². The maximum Gasteiger partial charge on any atom is 0.336 e. The van der Waals surface area contributed by atoms with E-state index in [9.17, 15) is 14.7 Å². The molecule has 37 heavy (non-hydrogen) atoms. The van der Waals surface area contributed by atoms with Gasteiger partial charge in [0.05, 0.1) is 23.7 Å². The molecule has 2 aromatic rings. The third-order valence-corrected chi connectivity index (χ3v) is 5.93. The molecule has 1 N–H and O–H groups in total. The van der Waals surface area contributed by atoms with Crippen LogP contribution in [0.4, 0.5) is 0 Å². The molecule has 0 aliphatic heterocycles. The Morgan fingerprint density at radius 3 is 1.92 bits per heavy atom. The lowest BCUT2D eigenvalue weighted by molar-refractivity contribution is -0.146. The van der Waals surface area contributed by atoms with E-state index in [1.165, 1.54) is 38.7 Å². The number of carbonyl (C=O) groups is 2. The van der Waals surface area contributed by atoms with E-state index < -0.39 is 23.5 Å². The summed E-state index contributed by atoms with van der Waals surface area (Å²) in [6.45, 7) is 13.9. The number of hydrogen-bond acceptors (Lipinski definition) is 6. The number of carbonyl (C=O) groups excluding carboxylic acids is 2. The zero-order valence-electron chi connectivity index (χ0n) is 22.5. The van der Waals surface area contributed by atoms with Crippen LogP contribution in [0.2, 0.25) is 0 Å². The van der Waals surface area contributed by atoms with Crippen molar-refractivity contribution in [2.24, 2.45) is 5.92 Å². The molecule has 0 fully saturated rings. The lowest BCUT2D eigenvalue weighted by atomic mass is 10.0. The number of aliphatic hydroxyl groups is 1. The Labute approximate surface area is 221 Å². The molecular formula is C31H40O6. The van der Waals surface area contributed by atoms with E-state index in [0.29, 0.717) is 5.75 Å². The zero-order valence-corrected chi connectivity index (χ0v) is 22.5. The molecule has 2 aromatic carbocycles. The highest BCUT2D eigenvalue weighted by molar-refractivity contribution is 5.89. The lowest BCUT2D eigenvalue weighted by Crippen LogP contribution is -2.31. The second-order valence-electron chi connectivity index (χ2n) is 9.87. The average Bonchev–Trinajstić information content (AvgIpc) is 2.87. The van der Waals surface area contributed by atoms with Crippen molar-refractivity contribution in [1.82, 2.24) is 0 Å². The van der Waals surface area contributed by atoms with Crippen molar-refractivity contribution >= 4 is 11.9 Å². The van der Waals surface area contributed by atoms with Gasteiger partial charge in [0.25, 0.3) is 0 Å². The number of esters is 2. The van der Waals surface area contributed by atoms with Crippen LogP contribution in [0, 0.1) is 5.92 Å². The Morgan fingerprint density at radius 1 is 0.865 bits per heavy atom. The first-order valence-electron chi connectivity index (χ1n) is 12.7. The molecule has 0 saturated carbocycles. The van der Waals surface area contributed by atoms with Crippen LogP contribution in [-0.2, 0) is 25.5 Å². The summed E-state index contributed by atoms with van der Waals surface area (Å²) in [5, 5.41) is 9.97. The maximum absolute atomic E-state index is 12.2. The van der Waals surface area contributed by atoms with E-state index >= 15 is 0 Å². The van der Waals surface area contributed by atoms with Gasteiger partial charge in [-0.15, -0.1) is 0 Å². The van der Waals surface area contributed by atoms with E-state index in [4.69, 9.17) is 14.2 Å². The monoisotopic (exact) mass is 508 g/mol. The Kier molecular flexibility index (Phi) is 11.6. The fourth-order valence-electron chi connectivity index (χ4n) is 3.39. The average molecular weight is 509 g/mol. The van der Waals surface area contributed by atoms with Crippen molar-refractivity contribution in [3.05, 3.63) is 78.4 Å². The number of rotatable bonds is 15. The number of benzene rings is 2. The highest BCUT2D eigenvalue weighted by Gasteiger charge is 2.26. The summed E-state index contributed by atoms with van der Waals surface area (Å²) in [4.78, 5) is 24.1. The quantitative estimate of drug-likeness (QED) is 0.179. The highest BCUT2D eigenvalue weighted by atomic mass is 16.6. The first kappa shape index (κ1) is 29.8. The Bertz CT molecular complexity index is 1040. The standard InChI is InChI=1S/C31H40O6/c1-7-8-9-10-24-11-13-26(14-12-24)27-15-17-28(18-16-27)35-19-25(20-36-29(32)22(2)3)21-37-30(33)23(4)31(5,6)34/h11-18,25,34H,2,4,7-10,19-21H2,1,3,5-6H3. The SMILES string of the molecule is C=C(C)C(=O)OCC(COC(=O)C(=C)C(C)(C)O)COc1ccc(-c2ccc(CCCCC)cc2)cc1. The van der Waals surface area contributed by atoms with Crippen LogP contribution in [0.25, 0.3) is 11.1 Å². The molecule has 200 valence electrons. The molecule has 0 bridgehead atoms. The van der Waals surface area contributed by atoms with Crippen molar-refractivity contribution in [2.75, 3.05) is 19.8 Å². The largest absolute Gasteiger partial charge is 0.493 e. The van der Waals surface area contributed by atoms with Gasteiger partial charge in [-0.2, -0.15) is 0 Å². The molecule has 0 aliphatic carbocycles. The molecule has 6 nitrogen and oxygen atoms in total. The summed E-state index contributed by atoms with van der Waals surface area (Å²) in [6.07, 6.45) is 4.78. The van der Waals surface area contributed by atoms with Gasteiger partial charge in [0.2, 0.25) is 0 Å². The van der Waals surface area contributed by atoms with Gasteiger partial charge in [-0.25, -0.2) is 9.59 Å². The third kappa shape index (κ3) is 10.3. The lowest BCUT2D eigenvalue weighted by Gasteiger charge is -2.21. The predicted molar refractivity (Wildman–Crippen MR) is 146 cm³/mol. The minimum atomic E-state index is -1.40. The Balaban J connectivity index is 1.97. The second kappa shape index (κ2) is 14.4. The first-order valence-corrected chi connectivity index (χ1v) is 12.7. The van der Waals surface area contributed by atoms with Gasteiger partial charge in [0.1, 0.15) is 19.0 Å². The first-order chi connectivity index (χ1) is 17.5. The summed E-state index contributed by atoms with van der Waals surface area (Å²) in [5.74, 6) is -1.03. The molecule has 2 rings (SSSR count). The fourth-order valence-corrected chi connectivity index (χ4v) is 3.39. The van der Waals surface area contributed by atoms with Crippen LogP contribution >= 0.6 is 0 Å². The number of unbranched alkanes of at least 4 members (excludes halogenated alkanes) is 2. The fraction of sp³-hybridized carbons (Fsp3) is 0.419. The molecular weight excluding hydrogens is 468 g/mol. The van der Waals surface area contributed by atoms with Gasteiger partial charge in [-0.3, -0.25) is 0 Å². The Morgan fingerprint density at radius 2 is 1.41 bits per heavy atom. The van der Waals surface area contributed by atoms with Gasteiger partial charge < -0.3 is 19.3 Å². The number of ether oxygens (including phenoxy) is 3. The Hall–Kier alpha value is -3.38. The highest BCUT2D eigenvalue weighted by Crippen LogP contribution is 2.24. The van der Waals surface area contributed by atoms with Crippen molar-refractivity contribution in [3.63, 3.8) is 0 Å². The predicted octanol–water partition coefficient (Wildman–Crippen LogP) is 6.07. The molecule has 0 aliphatic rings. The third-order valence-electron chi connectivity index (χ3n) is 5.93. The van der Waals surface area contributed by atoms with E-state index in [0.717, 1.165) is 17.5 Å². The van der Waals surface area contributed by atoms with E-state index in [-0.39, 0.29) is 31.0 Å². The van der Waals surface area contributed by atoms with Gasteiger partial charge >= 0.3 is 11.9 Å². The van der Waals surface area contributed by atoms with E-state index in [2.05, 4.69) is 44.3 Å². The van der Waals surface area contributed by atoms with Crippen LogP contribution in [0.3, 0.4) is 0 Å². The number of hydrogen-bond donors (Lipinski definition) is 1. The van der Waals surface area contributed by atoms with Gasteiger partial charge in [-0.1, -0.05) is 69.3 Å². The topological polar surface area (TPSA) is 82.1 Å². The summed E-state index contributed by atoms with van der Waals surface area (Å²) in [5.41, 5.74) is 2.38. The van der Waals surface area contributed by atoms with Gasteiger partial charge in [-0.05, 0) is 62.4 Å². The maximum atomic E-state index is 12.2. The van der Waals surface area contributed by atoms with Crippen LogP contribution in [0.5, 0.6) is 5.75 Å². The summed E-state index contributed by atoms with van der Waals surface area (Å²) in [7, 11) is 0. The minimum absolute atomic E-state index is 0.0172. The van der Waals surface area contributed by atoms with E-state index in [1.54, 1.807) is 6.92 Å². The van der Waals surface area contributed by atoms with Crippen LogP contribution in [0.15, 0.2) is 72.8 Å². The molecule has 0 spiro atoms. The van der Waals surface area contributed by atoms with Crippen LogP contribution < -0.4 is 4.74 Å². The van der Waals surface area contributed by atoms with Crippen LogP contribution in [-0.4, -0.2) is 42.5 Å². The molecule has 0 saturated heterocycles. The molecule has 0 heterocycles. The molecule has 0 amide bonds. The van der Waals surface area contributed by atoms with Crippen molar-refractivity contribution < 1.29 is 28.9 Å². The normalized spacial score (nSPS) is 11.9. The van der Waals surface area contributed by atoms with Crippen molar-refractivity contribution in [3.8, 4) is 16.9 Å². The van der Waals surface area contributed by atoms with Crippen LogP contribution in [0.1, 0.15) is 52.5 Å². The van der Waals surface area contributed by atoms with Crippen molar-refractivity contribution in [2.45, 2.75) is 59.0 Å². The molecule has 0 radical (unpaired) electrons. The second-order valence-corrected chi connectivity index (χ2v) is 9.87. The summed E-state index contributed by atoms with van der Waals surface area (Å²) >= 11 is 0. The summed E-state index contributed by atoms with van der Waals surface area (Å²) < 4.78 is 16.5.